The molecule has 4 rings (SSSR count). The molecule has 2 atom stereocenters. The number of nitrogens with one attached hydrogen (secondary N) is 2. The number of amides is 2. The van der Waals surface area contributed by atoms with Crippen molar-refractivity contribution in [3.05, 3.63) is 59.0 Å². The zero-order valence-electron chi connectivity index (χ0n) is 18.1. The van der Waals surface area contributed by atoms with Crippen LogP contribution in [0.3, 0.4) is 0 Å². The molecule has 2 amide bonds. The normalized spacial score (nSPS) is 20.7. The second-order valence-corrected chi connectivity index (χ2v) is 8.36. The van der Waals surface area contributed by atoms with E-state index in [1.807, 2.05) is 4.90 Å². The topological polar surface area (TPSA) is 106 Å². The molecule has 0 aliphatic carbocycles. The van der Waals surface area contributed by atoms with Crippen molar-refractivity contribution < 1.29 is 19.2 Å². The third-order valence-electron chi connectivity index (χ3n) is 5.42. The van der Waals surface area contributed by atoms with E-state index in [2.05, 4.69) is 20.8 Å². The number of likely N-dealkylation sites (tertiary alicyclic amines) is 1. The average molecular weight is 472 g/mol. The van der Waals surface area contributed by atoms with Gasteiger partial charge in [-0.1, -0.05) is 11.6 Å². The number of carbonyl (C=O) groups excluding carboxylic acids is 2. The predicted molar refractivity (Wildman–Crippen MR) is 123 cm³/mol. The number of aromatic nitrogens is 2. The number of hydrogen-bond acceptors (Lipinski definition) is 7. The van der Waals surface area contributed by atoms with Crippen molar-refractivity contribution in [2.45, 2.75) is 38.0 Å². The lowest BCUT2D eigenvalue weighted by Gasteiger charge is -2.21. The van der Waals surface area contributed by atoms with Gasteiger partial charge in [-0.2, -0.15) is 0 Å². The third-order valence-corrected chi connectivity index (χ3v) is 5.68. The summed E-state index contributed by atoms with van der Waals surface area (Å²) in [6.07, 6.45) is 9.27. The number of rotatable bonds is 7. The van der Waals surface area contributed by atoms with E-state index in [1.165, 1.54) is 6.08 Å². The SMILES string of the molecule is O=C(/C=C/c1cnc(N[C@@H]2CCN(C(=O)c3ccc(Cl)cc3)C2)cn1)NOC1CCCCO1. The molecule has 0 saturated carbocycles. The minimum atomic E-state index is -0.399. The average Bonchev–Trinajstić information content (AvgIpc) is 3.31. The van der Waals surface area contributed by atoms with Crippen LogP contribution >= 0.6 is 11.6 Å². The summed E-state index contributed by atoms with van der Waals surface area (Å²) in [5.41, 5.74) is 3.52. The number of halogens is 1. The first-order valence-electron chi connectivity index (χ1n) is 11.0. The smallest absolute Gasteiger partial charge is 0.267 e. The molecule has 0 spiro atoms. The summed E-state index contributed by atoms with van der Waals surface area (Å²) in [6.45, 7) is 1.88. The van der Waals surface area contributed by atoms with Crippen LogP contribution in [0.5, 0.6) is 0 Å². The van der Waals surface area contributed by atoms with E-state index in [-0.39, 0.29) is 11.9 Å². The first kappa shape index (κ1) is 23.2. The van der Waals surface area contributed by atoms with Gasteiger partial charge in [-0.05, 0) is 49.6 Å². The van der Waals surface area contributed by atoms with Crippen LogP contribution in [0.15, 0.2) is 42.7 Å². The molecular weight excluding hydrogens is 446 g/mol. The Bertz CT molecular complexity index is 977. The summed E-state index contributed by atoms with van der Waals surface area (Å²) in [6, 6.07) is 6.99. The van der Waals surface area contributed by atoms with Crippen LogP contribution in [0.1, 0.15) is 41.7 Å². The molecule has 9 nitrogen and oxygen atoms in total. The maximum atomic E-state index is 12.6. The number of ether oxygens (including phenoxy) is 1. The molecule has 10 heteroatoms. The molecule has 1 unspecified atom stereocenters. The Morgan fingerprint density at radius 1 is 1.15 bits per heavy atom. The molecule has 33 heavy (non-hydrogen) atoms. The van der Waals surface area contributed by atoms with Crippen LogP contribution in [-0.4, -0.2) is 58.7 Å². The summed E-state index contributed by atoms with van der Waals surface area (Å²) < 4.78 is 5.39. The highest BCUT2D eigenvalue weighted by atomic mass is 35.5. The lowest BCUT2D eigenvalue weighted by molar-refractivity contribution is -0.198. The van der Waals surface area contributed by atoms with Gasteiger partial charge in [0.15, 0.2) is 6.29 Å². The zero-order chi connectivity index (χ0) is 23.0. The van der Waals surface area contributed by atoms with Gasteiger partial charge in [0.05, 0.1) is 18.1 Å². The van der Waals surface area contributed by atoms with Gasteiger partial charge in [-0.15, -0.1) is 0 Å². The number of nitrogens with zero attached hydrogens (tertiary/aromatic N) is 3. The Hall–Kier alpha value is -3.01. The van der Waals surface area contributed by atoms with Crippen molar-refractivity contribution in [3.63, 3.8) is 0 Å². The predicted octanol–water partition coefficient (Wildman–Crippen LogP) is 3.04. The van der Waals surface area contributed by atoms with E-state index >= 15 is 0 Å². The van der Waals surface area contributed by atoms with Crippen LogP contribution < -0.4 is 10.8 Å². The molecule has 1 aromatic heterocycles. The molecule has 3 heterocycles. The van der Waals surface area contributed by atoms with E-state index < -0.39 is 12.2 Å². The van der Waals surface area contributed by atoms with E-state index in [1.54, 1.807) is 42.7 Å². The maximum Gasteiger partial charge on any atom is 0.267 e. The van der Waals surface area contributed by atoms with Crippen molar-refractivity contribution in [1.29, 1.82) is 0 Å². The van der Waals surface area contributed by atoms with Gasteiger partial charge >= 0.3 is 0 Å². The lowest BCUT2D eigenvalue weighted by Crippen LogP contribution is -2.32. The second kappa shape index (κ2) is 11.2. The first-order valence-corrected chi connectivity index (χ1v) is 11.3. The Labute approximate surface area is 197 Å². The molecule has 2 saturated heterocycles. The first-order chi connectivity index (χ1) is 16.1. The molecule has 0 bridgehead atoms. The van der Waals surface area contributed by atoms with Gasteiger partial charge in [-0.3, -0.25) is 14.6 Å². The maximum absolute atomic E-state index is 12.6. The molecule has 2 aliphatic rings. The molecule has 2 N–H and O–H groups in total. The van der Waals surface area contributed by atoms with Crippen LogP contribution in [0, 0.1) is 0 Å². The van der Waals surface area contributed by atoms with E-state index in [4.69, 9.17) is 21.2 Å². The second-order valence-electron chi connectivity index (χ2n) is 7.93. The molecular formula is C23H26ClN5O4. The fourth-order valence-electron chi connectivity index (χ4n) is 3.67. The van der Waals surface area contributed by atoms with Gasteiger partial charge in [0.1, 0.15) is 5.82 Å². The number of benzene rings is 1. The number of hydrogen-bond donors (Lipinski definition) is 2. The Morgan fingerprint density at radius 2 is 2.00 bits per heavy atom. The van der Waals surface area contributed by atoms with E-state index in [0.29, 0.717) is 41.8 Å². The van der Waals surface area contributed by atoms with Crippen LogP contribution in [0.25, 0.3) is 6.08 Å². The van der Waals surface area contributed by atoms with Crippen molar-refractivity contribution in [1.82, 2.24) is 20.3 Å². The fourth-order valence-corrected chi connectivity index (χ4v) is 3.79. The molecule has 174 valence electrons. The van der Waals surface area contributed by atoms with Gasteiger partial charge in [0.2, 0.25) is 0 Å². The standard InChI is InChI=1S/C23H26ClN5O4/c24-17-6-4-16(5-7-17)23(31)29-11-10-19(15-29)27-20-14-25-18(13-26-20)8-9-21(30)28-33-22-3-1-2-12-32-22/h4-9,13-14,19,22H,1-3,10-12,15H2,(H,26,27)(H,28,30)/b9-8+/t19-,22?/m1/s1. The monoisotopic (exact) mass is 471 g/mol. The zero-order valence-corrected chi connectivity index (χ0v) is 18.8. The number of hydroxylamine groups is 1. The summed E-state index contributed by atoms with van der Waals surface area (Å²) >= 11 is 5.90. The van der Waals surface area contributed by atoms with Crippen molar-refractivity contribution >= 4 is 35.3 Å². The van der Waals surface area contributed by atoms with Crippen molar-refractivity contribution in [2.75, 3.05) is 25.0 Å². The quantitative estimate of drug-likeness (QED) is 0.472. The number of carbonyl (C=O) groups is 2. The molecule has 2 aliphatic heterocycles. The minimum absolute atomic E-state index is 0.0140. The summed E-state index contributed by atoms with van der Waals surface area (Å²) in [4.78, 5) is 40.2. The summed E-state index contributed by atoms with van der Waals surface area (Å²) in [5, 5.41) is 3.91. The summed E-state index contributed by atoms with van der Waals surface area (Å²) in [5.74, 6) is 0.199. The minimum Gasteiger partial charge on any atom is -0.364 e. The largest absolute Gasteiger partial charge is 0.364 e. The number of anilines is 1. The van der Waals surface area contributed by atoms with Gasteiger partial charge in [0, 0.05) is 48.8 Å². The Morgan fingerprint density at radius 3 is 2.73 bits per heavy atom. The van der Waals surface area contributed by atoms with Crippen molar-refractivity contribution in [2.24, 2.45) is 0 Å². The van der Waals surface area contributed by atoms with Crippen LogP contribution in [0.4, 0.5) is 5.82 Å². The van der Waals surface area contributed by atoms with Gasteiger partial charge in [-0.25, -0.2) is 15.3 Å². The highest BCUT2D eigenvalue weighted by Gasteiger charge is 2.27. The third kappa shape index (κ3) is 6.74. The summed E-state index contributed by atoms with van der Waals surface area (Å²) in [7, 11) is 0. The molecule has 1 aromatic carbocycles. The van der Waals surface area contributed by atoms with E-state index in [0.717, 1.165) is 25.7 Å². The molecule has 2 fully saturated rings. The van der Waals surface area contributed by atoms with Crippen molar-refractivity contribution in [3.8, 4) is 0 Å². The Balaban J connectivity index is 1.22. The fraction of sp³-hybridized carbons (Fsp3) is 0.391. The van der Waals surface area contributed by atoms with E-state index in [9.17, 15) is 9.59 Å². The van der Waals surface area contributed by atoms with Crippen LogP contribution in [-0.2, 0) is 14.4 Å². The highest BCUT2D eigenvalue weighted by Crippen LogP contribution is 2.18. The molecule has 2 aromatic rings. The van der Waals surface area contributed by atoms with Gasteiger partial charge < -0.3 is 15.0 Å². The van der Waals surface area contributed by atoms with Crippen LogP contribution in [0.2, 0.25) is 5.02 Å². The molecule has 0 radical (unpaired) electrons. The highest BCUT2D eigenvalue weighted by molar-refractivity contribution is 6.30. The lowest BCUT2D eigenvalue weighted by atomic mass is 10.2. The van der Waals surface area contributed by atoms with Gasteiger partial charge in [0.25, 0.3) is 11.8 Å². The Kier molecular flexibility index (Phi) is 7.87.